The second kappa shape index (κ2) is 9.88. The Balaban J connectivity index is 1.38. The van der Waals surface area contributed by atoms with E-state index in [1.165, 1.54) is 12.8 Å². The topological polar surface area (TPSA) is 59.9 Å². The van der Waals surface area contributed by atoms with Gasteiger partial charge in [0.15, 0.2) is 0 Å². The molecule has 3 heterocycles. The molecule has 0 aliphatic carbocycles. The lowest BCUT2D eigenvalue weighted by Gasteiger charge is -2.36. The molecule has 1 aromatic heterocycles. The summed E-state index contributed by atoms with van der Waals surface area (Å²) in [4.78, 5) is 23.7. The van der Waals surface area contributed by atoms with E-state index in [-0.39, 0.29) is 6.61 Å². The normalized spacial score (nSPS) is 21.8. The zero-order valence-corrected chi connectivity index (χ0v) is 15.7. The van der Waals surface area contributed by atoms with E-state index in [0.29, 0.717) is 18.2 Å². The van der Waals surface area contributed by atoms with Crippen LogP contribution in [-0.4, -0.2) is 78.2 Å². The Labute approximate surface area is 156 Å². The molecule has 2 saturated heterocycles. The summed E-state index contributed by atoms with van der Waals surface area (Å²) in [5, 5.41) is 8.99. The summed E-state index contributed by atoms with van der Waals surface area (Å²) in [6.07, 6.45) is 6.79. The van der Waals surface area contributed by atoms with Gasteiger partial charge in [0.25, 0.3) is 0 Å². The van der Waals surface area contributed by atoms with Gasteiger partial charge in [0.2, 0.25) is 5.91 Å². The summed E-state index contributed by atoms with van der Waals surface area (Å²) in [6, 6.07) is 5.97. The van der Waals surface area contributed by atoms with Crippen molar-refractivity contribution in [2.75, 3.05) is 57.3 Å². The average molecular weight is 361 g/mol. The van der Waals surface area contributed by atoms with E-state index in [0.717, 1.165) is 64.5 Å². The molecule has 144 valence electrons. The number of nitrogens with zero attached hydrogens (tertiary/aromatic N) is 4. The number of aromatic nitrogens is 1. The van der Waals surface area contributed by atoms with Crippen LogP contribution in [0.15, 0.2) is 24.4 Å². The monoisotopic (exact) mass is 360 g/mol. The molecule has 6 nitrogen and oxygen atoms in total. The van der Waals surface area contributed by atoms with E-state index in [2.05, 4.69) is 14.8 Å². The largest absolute Gasteiger partial charge is 0.396 e. The van der Waals surface area contributed by atoms with Crippen LogP contribution >= 0.6 is 0 Å². The van der Waals surface area contributed by atoms with E-state index in [1.54, 1.807) is 0 Å². The quantitative estimate of drug-likeness (QED) is 0.800. The van der Waals surface area contributed by atoms with Gasteiger partial charge in [-0.2, -0.15) is 0 Å². The van der Waals surface area contributed by atoms with Crippen molar-refractivity contribution < 1.29 is 9.90 Å². The van der Waals surface area contributed by atoms with Crippen molar-refractivity contribution in [1.82, 2.24) is 14.8 Å². The van der Waals surface area contributed by atoms with Gasteiger partial charge >= 0.3 is 0 Å². The van der Waals surface area contributed by atoms with Gasteiger partial charge in [-0.25, -0.2) is 4.98 Å². The van der Waals surface area contributed by atoms with Crippen molar-refractivity contribution in [3.05, 3.63) is 24.4 Å². The molecule has 1 atom stereocenters. The number of anilines is 1. The molecule has 2 fully saturated rings. The Morgan fingerprint density at radius 1 is 1.19 bits per heavy atom. The summed E-state index contributed by atoms with van der Waals surface area (Å²) in [7, 11) is 0. The molecule has 0 saturated carbocycles. The number of carbonyl (C=O) groups excluding carboxylic acids is 1. The highest BCUT2D eigenvalue weighted by molar-refractivity contribution is 5.76. The molecule has 0 radical (unpaired) electrons. The van der Waals surface area contributed by atoms with Crippen LogP contribution in [0.3, 0.4) is 0 Å². The minimum atomic E-state index is 0.268. The second-order valence-corrected chi connectivity index (χ2v) is 7.48. The van der Waals surface area contributed by atoms with Crippen LogP contribution in [0.5, 0.6) is 0 Å². The maximum atomic E-state index is 12.6. The molecular formula is C20H32N4O2. The van der Waals surface area contributed by atoms with Gasteiger partial charge in [0, 0.05) is 58.5 Å². The van der Waals surface area contributed by atoms with Gasteiger partial charge in [-0.15, -0.1) is 0 Å². The van der Waals surface area contributed by atoms with Gasteiger partial charge in [-0.1, -0.05) is 6.07 Å². The number of pyridine rings is 1. The van der Waals surface area contributed by atoms with Gasteiger partial charge < -0.3 is 19.8 Å². The Bertz CT molecular complexity index is 546. The van der Waals surface area contributed by atoms with Crippen LogP contribution in [0, 0.1) is 5.92 Å². The van der Waals surface area contributed by atoms with E-state index in [9.17, 15) is 4.79 Å². The zero-order chi connectivity index (χ0) is 18.2. The number of likely N-dealkylation sites (tertiary alicyclic amines) is 1. The molecular weight excluding hydrogens is 328 g/mol. The Hall–Kier alpha value is -1.66. The fraction of sp³-hybridized carbons (Fsp3) is 0.700. The van der Waals surface area contributed by atoms with Crippen molar-refractivity contribution in [3.8, 4) is 0 Å². The number of hydrogen-bond acceptors (Lipinski definition) is 5. The molecule has 0 unspecified atom stereocenters. The molecule has 0 aromatic carbocycles. The number of piperazine rings is 1. The lowest BCUT2D eigenvalue weighted by Crippen LogP contribution is -2.49. The first-order chi connectivity index (χ1) is 12.8. The maximum absolute atomic E-state index is 12.6. The van der Waals surface area contributed by atoms with Crippen LogP contribution < -0.4 is 4.90 Å². The van der Waals surface area contributed by atoms with E-state index in [1.807, 2.05) is 29.3 Å². The fourth-order valence-electron chi connectivity index (χ4n) is 4.10. The summed E-state index contributed by atoms with van der Waals surface area (Å²) in [5.74, 6) is 1.93. The Kier molecular flexibility index (Phi) is 7.26. The van der Waals surface area contributed by atoms with E-state index >= 15 is 0 Å². The summed E-state index contributed by atoms with van der Waals surface area (Å²) >= 11 is 0. The van der Waals surface area contributed by atoms with Crippen molar-refractivity contribution in [1.29, 1.82) is 0 Å². The van der Waals surface area contributed by atoms with Crippen molar-refractivity contribution >= 4 is 11.7 Å². The highest BCUT2D eigenvalue weighted by atomic mass is 16.3. The zero-order valence-electron chi connectivity index (χ0n) is 15.7. The first kappa shape index (κ1) is 19.1. The average Bonchev–Trinajstić information content (AvgIpc) is 2.71. The van der Waals surface area contributed by atoms with E-state index in [4.69, 9.17) is 5.11 Å². The first-order valence-corrected chi connectivity index (χ1v) is 10.0. The van der Waals surface area contributed by atoms with Gasteiger partial charge in [-0.05, 0) is 50.3 Å². The first-order valence-electron chi connectivity index (χ1n) is 10.0. The number of piperidine rings is 1. The molecule has 2 aliphatic rings. The summed E-state index contributed by atoms with van der Waals surface area (Å²) in [6.45, 7) is 6.79. The van der Waals surface area contributed by atoms with Gasteiger partial charge in [0.05, 0.1) is 0 Å². The van der Waals surface area contributed by atoms with Crippen molar-refractivity contribution in [3.63, 3.8) is 0 Å². The molecule has 3 rings (SSSR count). The molecule has 2 aliphatic heterocycles. The molecule has 0 bridgehead atoms. The van der Waals surface area contributed by atoms with Crippen molar-refractivity contribution in [2.24, 2.45) is 5.92 Å². The number of aliphatic hydroxyl groups is 1. The fourth-order valence-corrected chi connectivity index (χ4v) is 4.10. The summed E-state index contributed by atoms with van der Waals surface area (Å²) < 4.78 is 0. The predicted molar refractivity (Wildman–Crippen MR) is 103 cm³/mol. The molecule has 1 N–H and O–H groups in total. The SMILES string of the molecule is O=C(CC[C@H]1CCCN(CCCO)C1)N1CCN(c2ccccn2)CC1. The van der Waals surface area contributed by atoms with Crippen LogP contribution in [0.2, 0.25) is 0 Å². The smallest absolute Gasteiger partial charge is 0.222 e. The minimum Gasteiger partial charge on any atom is -0.396 e. The van der Waals surface area contributed by atoms with E-state index < -0.39 is 0 Å². The highest BCUT2D eigenvalue weighted by Crippen LogP contribution is 2.22. The summed E-state index contributed by atoms with van der Waals surface area (Å²) in [5.41, 5.74) is 0. The molecule has 26 heavy (non-hydrogen) atoms. The third-order valence-corrected chi connectivity index (χ3v) is 5.61. The third kappa shape index (κ3) is 5.42. The number of hydrogen-bond donors (Lipinski definition) is 1. The van der Waals surface area contributed by atoms with Crippen molar-refractivity contribution in [2.45, 2.75) is 32.1 Å². The molecule has 1 aromatic rings. The van der Waals surface area contributed by atoms with Gasteiger partial charge in [0.1, 0.15) is 5.82 Å². The van der Waals surface area contributed by atoms with Crippen LogP contribution in [-0.2, 0) is 4.79 Å². The van der Waals surface area contributed by atoms with Gasteiger partial charge in [-0.3, -0.25) is 4.79 Å². The lowest BCUT2D eigenvalue weighted by atomic mass is 9.93. The Morgan fingerprint density at radius 2 is 2.04 bits per heavy atom. The highest BCUT2D eigenvalue weighted by Gasteiger charge is 2.24. The van der Waals surface area contributed by atoms with Crippen LogP contribution in [0.1, 0.15) is 32.1 Å². The molecule has 0 spiro atoms. The lowest BCUT2D eigenvalue weighted by molar-refractivity contribution is -0.131. The van der Waals surface area contributed by atoms with Crippen LogP contribution in [0.4, 0.5) is 5.82 Å². The Morgan fingerprint density at radius 3 is 2.77 bits per heavy atom. The number of rotatable bonds is 7. The number of carbonyl (C=O) groups is 1. The van der Waals surface area contributed by atoms with Crippen LogP contribution in [0.25, 0.3) is 0 Å². The predicted octanol–water partition coefficient (Wildman–Crippen LogP) is 1.60. The molecule has 6 heteroatoms. The standard InChI is InChI=1S/C20H32N4O2/c25-16-4-11-22-10-3-5-18(17-22)7-8-20(26)24-14-12-23(13-15-24)19-6-1-2-9-21-19/h1-2,6,9,18,25H,3-5,7-8,10-17H2/t18-/m1/s1. The molecule has 1 amide bonds. The maximum Gasteiger partial charge on any atom is 0.222 e. The number of aliphatic hydroxyl groups excluding tert-OH is 1. The minimum absolute atomic E-state index is 0.268. The second-order valence-electron chi connectivity index (χ2n) is 7.48. The third-order valence-electron chi connectivity index (χ3n) is 5.61. The number of amides is 1.